The standard InChI is InChI=1S/C18H20F3N4O.C6H13N.Os/c1-17(2)9-12-11(15-14(17)16(22)24-10-23-15)5-4-6-13(12)25(3)7-8-26-18(19,20)21;7-6-4-2-1-3-5-6;/h4-5,10H,7-9H2,1-3H3,(H2,22,23,24);6H,1-5,7H2;/q-1;;+1. The number of alkyl halides is 3. The Labute approximate surface area is 212 Å². The van der Waals surface area contributed by atoms with E-state index in [-0.39, 0.29) is 31.8 Å². The molecule has 0 saturated heterocycles. The summed E-state index contributed by atoms with van der Waals surface area (Å²) in [7, 11) is 1.72. The van der Waals surface area contributed by atoms with Crippen molar-refractivity contribution in [1.29, 1.82) is 0 Å². The number of fused-ring (bicyclic) bond motifs is 3. The van der Waals surface area contributed by atoms with Crippen LogP contribution in [0, 0.1) is 6.07 Å². The van der Waals surface area contributed by atoms with Crippen molar-refractivity contribution in [3.8, 4) is 11.3 Å². The fraction of sp³-hybridized carbons (Fsp3) is 0.583. The van der Waals surface area contributed by atoms with E-state index in [1.54, 1.807) is 18.0 Å². The van der Waals surface area contributed by atoms with E-state index in [0.29, 0.717) is 18.3 Å². The Morgan fingerprint density at radius 3 is 2.47 bits per heavy atom. The van der Waals surface area contributed by atoms with Gasteiger partial charge in [0.2, 0.25) is 0 Å². The molecule has 2 aliphatic rings. The molecule has 10 heteroatoms. The minimum absolute atomic E-state index is 0. The normalized spacial score (nSPS) is 16.9. The van der Waals surface area contributed by atoms with Gasteiger partial charge < -0.3 is 16.4 Å². The van der Waals surface area contributed by atoms with Crippen LogP contribution in [0.5, 0.6) is 0 Å². The maximum absolute atomic E-state index is 12.2. The van der Waals surface area contributed by atoms with Gasteiger partial charge in [0.15, 0.2) is 0 Å². The molecule has 2 aromatic rings. The Morgan fingerprint density at radius 1 is 1.21 bits per heavy atom. The first-order chi connectivity index (χ1) is 15.5. The number of nitrogens with zero attached hydrogens (tertiary/aromatic N) is 3. The molecule has 0 unspecified atom stereocenters. The summed E-state index contributed by atoms with van der Waals surface area (Å²) >= 11 is 0. The average molecular weight is 655 g/mol. The maximum atomic E-state index is 12.2. The molecular weight excluding hydrogens is 622 g/mol. The zero-order chi connectivity index (χ0) is 24.2. The second-order valence-corrected chi connectivity index (χ2v) is 9.38. The van der Waals surface area contributed by atoms with E-state index in [1.807, 2.05) is 6.07 Å². The zero-order valence-electron chi connectivity index (χ0n) is 19.9. The van der Waals surface area contributed by atoms with Gasteiger partial charge in [-0.3, -0.25) is 4.74 Å². The van der Waals surface area contributed by atoms with Crippen molar-refractivity contribution < 1.29 is 37.7 Å². The molecule has 0 amide bonds. The Kier molecular flexibility index (Phi) is 9.87. The molecule has 0 atom stereocenters. The SMILES string of the molecule is CN(CCOC(F)(F)F)c1[c-]ccc2c1CC(C)(C)c1c(N)ncnc1-2.NC1CCCCC1.[Os+]. The van der Waals surface area contributed by atoms with Crippen LogP contribution in [-0.2, 0) is 36.4 Å². The number of rotatable bonds is 4. The van der Waals surface area contributed by atoms with Crippen LogP contribution in [0.15, 0.2) is 18.5 Å². The number of nitrogen functional groups attached to an aromatic ring is 1. The number of hydrogen-bond donors (Lipinski definition) is 2. The summed E-state index contributed by atoms with van der Waals surface area (Å²) in [6.45, 7) is 3.74. The Hall–Kier alpha value is -1.75. The molecule has 0 spiro atoms. The number of halogens is 3. The summed E-state index contributed by atoms with van der Waals surface area (Å²) in [5.74, 6) is 0.451. The largest absolute Gasteiger partial charge is 1.00 e. The molecule has 4 N–H and O–H groups in total. The minimum Gasteiger partial charge on any atom is -0.394 e. The van der Waals surface area contributed by atoms with E-state index >= 15 is 0 Å². The molecule has 1 heterocycles. The van der Waals surface area contributed by atoms with Gasteiger partial charge in [-0.2, -0.15) is 18.2 Å². The molecule has 0 bridgehead atoms. The third kappa shape index (κ3) is 7.13. The number of benzene rings is 1. The van der Waals surface area contributed by atoms with Crippen LogP contribution in [0.3, 0.4) is 0 Å². The van der Waals surface area contributed by atoms with E-state index in [0.717, 1.165) is 28.1 Å². The van der Waals surface area contributed by atoms with Gasteiger partial charge in [-0.1, -0.05) is 45.2 Å². The van der Waals surface area contributed by atoms with Crippen molar-refractivity contribution in [3.05, 3.63) is 35.7 Å². The number of anilines is 2. The summed E-state index contributed by atoms with van der Waals surface area (Å²) in [5, 5.41) is 0. The van der Waals surface area contributed by atoms with Crippen LogP contribution in [0.2, 0.25) is 0 Å². The number of aromatic nitrogens is 2. The van der Waals surface area contributed by atoms with Gasteiger partial charge in [0.25, 0.3) is 0 Å². The third-order valence-electron chi connectivity index (χ3n) is 6.23. The quantitative estimate of drug-likeness (QED) is 0.469. The summed E-state index contributed by atoms with van der Waals surface area (Å²) < 4.78 is 40.5. The Bertz CT molecular complexity index is 949. The van der Waals surface area contributed by atoms with Crippen LogP contribution in [0.1, 0.15) is 57.1 Å². The predicted octanol–water partition coefficient (Wildman–Crippen LogP) is 4.61. The summed E-state index contributed by atoms with van der Waals surface area (Å²) in [6.07, 6.45) is 4.12. The number of nitrogens with two attached hydrogens (primary N) is 2. The smallest absolute Gasteiger partial charge is 0.394 e. The predicted molar refractivity (Wildman–Crippen MR) is 124 cm³/mol. The molecule has 0 aliphatic heterocycles. The van der Waals surface area contributed by atoms with Gasteiger partial charge in [0.1, 0.15) is 12.1 Å². The molecule has 1 radical (unpaired) electrons. The Morgan fingerprint density at radius 2 is 1.88 bits per heavy atom. The van der Waals surface area contributed by atoms with Gasteiger partial charge >= 0.3 is 26.2 Å². The van der Waals surface area contributed by atoms with E-state index < -0.39 is 13.0 Å². The molecule has 1 saturated carbocycles. The maximum Gasteiger partial charge on any atom is 1.00 e. The number of likely N-dealkylation sites (N-methyl/N-ethyl adjacent to an activating group) is 1. The van der Waals surface area contributed by atoms with Gasteiger partial charge in [-0.05, 0) is 18.3 Å². The molecule has 2 aliphatic carbocycles. The molecule has 1 aromatic carbocycles. The van der Waals surface area contributed by atoms with Crippen LogP contribution in [0.4, 0.5) is 24.7 Å². The van der Waals surface area contributed by atoms with Gasteiger partial charge in [0.05, 0.1) is 12.3 Å². The molecule has 189 valence electrons. The van der Waals surface area contributed by atoms with Crippen molar-refractivity contribution in [1.82, 2.24) is 9.97 Å². The van der Waals surface area contributed by atoms with Gasteiger partial charge in [0, 0.05) is 25.2 Å². The fourth-order valence-electron chi connectivity index (χ4n) is 4.61. The minimum atomic E-state index is -4.63. The van der Waals surface area contributed by atoms with Crippen LogP contribution < -0.4 is 16.4 Å². The first kappa shape index (κ1) is 28.5. The van der Waals surface area contributed by atoms with E-state index in [9.17, 15) is 13.2 Å². The second-order valence-electron chi connectivity index (χ2n) is 9.38. The topological polar surface area (TPSA) is 90.3 Å². The van der Waals surface area contributed by atoms with Crippen molar-refractivity contribution in [3.63, 3.8) is 0 Å². The van der Waals surface area contributed by atoms with E-state index in [1.165, 1.54) is 38.4 Å². The number of hydrogen-bond acceptors (Lipinski definition) is 6. The van der Waals surface area contributed by atoms with Crippen molar-refractivity contribution in [2.75, 3.05) is 30.8 Å². The first-order valence-corrected chi connectivity index (χ1v) is 11.3. The molecular formula is C24H33F3N5OOs. The van der Waals surface area contributed by atoms with E-state index in [2.05, 4.69) is 34.6 Å². The van der Waals surface area contributed by atoms with Crippen molar-refractivity contribution >= 4 is 11.5 Å². The molecule has 1 fully saturated rings. The van der Waals surface area contributed by atoms with Crippen LogP contribution in [-0.4, -0.2) is 42.6 Å². The fourth-order valence-corrected chi connectivity index (χ4v) is 4.61. The molecule has 1 aromatic heterocycles. The molecule has 4 rings (SSSR count). The van der Waals surface area contributed by atoms with Gasteiger partial charge in [-0.25, -0.2) is 9.97 Å². The van der Waals surface area contributed by atoms with Crippen LogP contribution >= 0.6 is 0 Å². The Balaban J connectivity index is 0.000000439. The van der Waals surface area contributed by atoms with Crippen molar-refractivity contribution in [2.24, 2.45) is 5.73 Å². The third-order valence-corrected chi connectivity index (χ3v) is 6.23. The average Bonchev–Trinajstić information content (AvgIpc) is 2.73. The van der Waals surface area contributed by atoms with Crippen LogP contribution in [0.25, 0.3) is 11.3 Å². The van der Waals surface area contributed by atoms with Crippen molar-refractivity contribution in [2.45, 2.75) is 70.2 Å². The first-order valence-electron chi connectivity index (χ1n) is 11.3. The summed E-state index contributed by atoms with van der Waals surface area (Å²) in [5.41, 5.74) is 15.7. The molecule has 6 nitrogen and oxygen atoms in total. The summed E-state index contributed by atoms with van der Waals surface area (Å²) in [6, 6.07) is 7.33. The second kappa shape index (κ2) is 11.8. The summed E-state index contributed by atoms with van der Waals surface area (Å²) in [4.78, 5) is 10.2. The monoisotopic (exact) mass is 656 g/mol. The molecule has 34 heavy (non-hydrogen) atoms. The zero-order valence-corrected chi connectivity index (χ0v) is 22.4. The van der Waals surface area contributed by atoms with Gasteiger partial charge in [-0.15, -0.1) is 24.3 Å². The number of ether oxygens (including phenoxy) is 1. The van der Waals surface area contributed by atoms with E-state index in [4.69, 9.17) is 11.5 Å².